The first-order chi connectivity index (χ1) is 8.52. The summed E-state index contributed by atoms with van der Waals surface area (Å²) in [6.45, 7) is 0.407. The standard InChI is InChI=1S/C12H11BrFNO3/c13-5-7-3-11(16)15(6-7)10-4-8(12(17)18)1-2-9(10)14/h1-2,4,7H,3,5-6H2,(H,17,18). The number of nitrogens with zero attached hydrogens (tertiary/aromatic N) is 1. The Morgan fingerprint density at radius 2 is 2.28 bits per heavy atom. The number of carbonyl (C=O) groups excluding carboxylic acids is 1. The van der Waals surface area contributed by atoms with E-state index in [1.165, 1.54) is 17.0 Å². The first-order valence-electron chi connectivity index (χ1n) is 5.42. The van der Waals surface area contributed by atoms with Crippen molar-refractivity contribution in [2.45, 2.75) is 6.42 Å². The summed E-state index contributed by atoms with van der Waals surface area (Å²) >= 11 is 3.29. The fourth-order valence-electron chi connectivity index (χ4n) is 1.97. The molecule has 0 bridgehead atoms. The largest absolute Gasteiger partial charge is 0.478 e. The van der Waals surface area contributed by atoms with Gasteiger partial charge in [-0.15, -0.1) is 0 Å². The molecule has 1 unspecified atom stereocenters. The van der Waals surface area contributed by atoms with Gasteiger partial charge in [-0.2, -0.15) is 0 Å². The number of benzene rings is 1. The zero-order valence-electron chi connectivity index (χ0n) is 9.40. The molecule has 1 aromatic rings. The predicted molar refractivity (Wildman–Crippen MR) is 67.6 cm³/mol. The van der Waals surface area contributed by atoms with Crippen molar-refractivity contribution in [2.75, 3.05) is 16.8 Å². The molecule has 2 rings (SSSR count). The van der Waals surface area contributed by atoms with Gasteiger partial charge in [0.1, 0.15) is 5.82 Å². The molecule has 1 saturated heterocycles. The molecule has 0 saturated carbocycles. The monoisotopic (exact) mass is 315 g/mol. The van der Waals surface area contributed by atoms with Crippen LogP contribution in [0.2, 0.25) is 0 Å². The minimum Gasteiger partial charge on any atom is -0.478 e. The molecule has 1 amide bonds. The maximum absolute atomic E-state index is 13.7. The third-order valence-electron chi connectivity index (χ3n) is 2.91. The van der Waals surface area contributed by atoms with Gasteiger partial charge >= 0.3 is 5.97 Å². The van der Waals surface area contributed by atoms with Crippen LogP contribution in [0.3, 0.4) is 0 Å². The van der Waals surface area contributed by atoms with Crippen molar-refractivity contribution < 1.29 is 19.1 Å². The molecular formula is C12H11BrFNO3. The third-order valence-corrected chi connectivity index (χ3v) is 3.82. The van der Waals surface area contributed by atoms with E-state index in [2.05, 4.69) is 15.9 Å². The normalized spacial score (nSPS) is 19.3. The van der Waals surface area contributed by atoms with Crippen LogP contribution in [0.25, 0.3) is 0 Å². The lowest BCUT2D eigenvalue weighted by Crippen LogP contribution is -2.26. The van der Waals surface area contributed by atoms with Crippen LogP contribution in [0, 0.1) is 11.7 Å². The fourth-order valence-corrected chi connectivity index (χ4v) is 2.40. The summed E-state index contributed by atoms with van der Waals surface area (Å²) in [6, 6.07) is 3.46. The second-order valence-electron chi connectivity index (χ2n) is 4.20. The lowest BCUT2D eigenvalue weighted by molar-refractivity contribution is -0.117. The van der Waals surface area contributed by atoms with E-state index in [4.69, 9.17) is 5.11 Å². The molecule has 1 aromatic carbocycles. The minimum absolute atomic E-state index is 0.0264. The van der Waals surface area contributed by atoms with Crippen molar-refractivity contribution in [2.24, 2.45) is 5.92 Å². The molecule has 0 aromatic heterocycles. The van der Waals surface area contributed by atoms with E-state index >= 15 is 0 Å². The minimum atomic E-state index is -1.14. The molecule has 18 heavy (non-hydrogen) atoms. The van der Waals surface area contributed by atoms with Crippen molar-refractivity contribution in [3.8, 4) is 0 Å². The average molecular weight is 316 g/mol. The van der Waals surface area contributed by atoms with Crippen LogP contribution in [0.4, 0.5) is 10.1 Å². The van der Waals surface area contributed by atoms with Gasteiger partial charge in [0.15, 0.2) is 0 Å². The summed E-state index contributed by atoms with van der Waals surface area (Å²) in [5, 5.41) is 9.54. The van der Waals surface area contributed by atoms with Crippen molar-refractivity contribution in [1.82, 2.24) is 0 Å². The summed E-state index contributed by atoms with van der Waals surface area (Å²) in [5.41, 5.74) is 0.0184. The van der Waals surface area contributed by atoms with Crippen LogP contribution in [0.15, 0.2) is 18.2 Å². The maximum Gasteiger partial charge on any atom is 0.335 e. The first kappa shape index (κ1) is 13.0. The average Bonchev–Trinajstić information content (AvgIpc) is 2.71. The van der Waals surface area contributed by atoms with Crippen LogP contribution < -0.4 is 4.90 Å². The summed E-state index contributed by atoms with van der Waals surface area (Å²) in [5.74, 6) is -1.77. The van der Waals surface area contributed by atoms with Crippen LogP contribution in [0.5, 0.6) is 0 Å². The smallest absolute Gasteiger partial charge is 0.335 e. The molecule has 4 nitrogen and oxygen atoms in total. The number of alkyl halides is 1. The van der Waals surface area contributed by atoms with E-state index in [1.54, 1.807) is 0 Å². The summed E-state index contributed by atoms with van der Waals surface area (Å²) in [4.78, 5) is 23.9. The van der Waals surface area contributed by atoms with Gasteiger partial charge < -0.3 is 10.0 Å². The number of hydrogen-bond donors (Lipinski definition) is 1. The number of anilines is 1. The summed E-state index contributed by atoms with van der Waals surface area (Å²) in [7, 11) is 0. The number of hydrogen-bond acceptors (Lipinski definition) is 2. The molecule has 0 aliphatic carbocycles. The molecule has 1 aliphatic heterocycles. The van der Waals surface area contributed by atoms with Crippen molar-refractivity contribution >= 4 is 33.5 Å². The lowest BCUT2D eigenvalue weighted by atomic mass is 10.1. The van der Waals surface area contributed by atoms with Crippen LogP contribution in [0.1, 0.15) is 16.8 Å². The highest BCUT2D eigenvalue weighted by Gasteiger charge is 2.31. The van der Waals surface area contributed by atoms with Crippen LogP contribution >= 0.6 is 15.9 Å². The highest BCUT2D eigenvalue weighted by atomic mass is 79.9. The van der Waals surface area contributed by atoms with E-state index in [0.717, 1.165) is 6.07 Å². The Hall–Kier alpha value is -1.43. The third kappa shape index (κ3) is 2.38. The lowest BCUT2D eigenvalue weighted by Gasteiger charge is -2.17. The van der Waals surface area contributed by atoms with E-state index < -0.39 is 11.8 Å². The number of carboxylic acid groups (broad SMARTS) is 1. The maximum atomic E-state index is 13.7. The van der Waals surface area contributed by atoms with Crippen molar-refractivity contribution in [3.05, 3.63) is 29.6 Å². The molecule has 1 atom stereocenters. The van der Waals surface area contributed by atoms with Gasteiger partial charge in [-0.3, -0.25) is 4.79 Å². The second-order valence-corrected chi connectivity index (χ2v) is 4.85. The Labute approximate surface area is 112 Å². The highest BCUT2D eigenvalue weighted by molar-refractivity contribution is 9.09. The van der Waals surface area contributed by atoms with E-state index in [0.29, 0.717) is 18.3 Å². The summed E-state index contributed by atoms with van der Waals surface area (Å²) in [6.07, 6.45) is 0.349. The predicted octanol–water partition coefficient (Wildman–Crippen LogP) is 2.27. The SMILES string of the molecule is O=C(O)c1ccc(F)c(N2CC(CBr)CC2=O)c1. The molecule has 6 heteroatoms. The van der Waals surface area contributed by atoms with Gasteiger partial charge in [-0.25, -0.2) is 9.18 Å². The van der Waals surface area contributed by atoms with Crippen LogP contribution in [-0.4, -0.2) is 28.9 Å². The number of rotatable bonds is 3. The second kappa shape index (κ2) is 5.06. The molecule has 0 spiro atoms. The molecular weight excluding hydrogens is 305 g/mol. The Kier molecular flexibility index (Phi) is 3.65. The molecule has 1 fully saturated rings. The molecule has 1 N–H and O–H groups in total. The number of aromatic carboxylic acids is 1. The molecule has 1 heterocycles. The van der Waals surface area contributed by atoms with E-state index in [1.807, 2.05) is 0 Å². The number of carbonyl (C=O) groups is 2. The van der Waals surface area contributed by atoms with Gasteiger partial charge in [0.2, 0.25) is 5.91 Å². The van der Waals surface area contributed by atoms with Crippen LogP contribution in [-0.2, 0) is 4.79 Å². The fraction of sp³-hybridized carbons (Fsp3) is 0.333. The number of halogens is 2. The quantitative estimate of drug-likeness (QED) is 0.870. The first-order valence-corrected chi connectivity index (χ1v) is 6.54. The zero-order chi connectivity index (χ0) is 13.3. The van der Waals surface area contributed by atoms with Gasteiger partial charge in [0, 0.05) is 18.3 Å². The van der Waals surface area contributed by atoms with E-state index in [-0.39, 0.29) is 23.1 Å². The number of carboxylic acids is 1. The Morgan fingerprint density at radius 1 is 1.56 bits per heavy atom. The topological polar surface area (TPSA) is 57.6 Å². The highest BCUT2D eigenvalue weighted by Crippen LogP contribution is 2.29. The molecule has 96 valence electrons. The molecule has 0 radical (unpaired) electrons. The Balaban J connectivity index is 2.35. The Bertz CT molecular complexity index is 506. The molecule has 1 aliphatic rings. The van der Waals surface area contributed by atoms with Gasteiger partial charge in [0.25, 0.3) is 0 Å². The Morgan fingerprint density at radius 3 is 2.83 bits per heavy atom. The number of amides is 1. The van der Waals surface area contributed by atoms with Gasteiger partial charge in [0.05, 0.1) is 11.3 Å². The van der Waals surface area contributed by atoms with E-state index in [9.17, 15) is 14.0 Å². The van der Waals surface area contributed by atoms with Gasteiger partial charge in [-0.1, -0.05) is 15.9 Å². The zero-order valence-corrected chi connectivity index (χ0v) is 11.0. The summed E-state index contributed by atoms with van der Waals surface area (Å²) < 4.78 is 13.7. The van der Waals surface area contributed by atoms with Gasteiger partial charge in [-0.05, 0) is 24.1 Å². The van der Waals surface area contributed by atoms with Crippen molar-refractivity contribution in [3.63, 3.8) is 0 Å². The van der Waals surface area contributed by atoms with Crippen molar-refractivity contribution in [1.29, 1.82) is 0 Å².